The molecule has 0 unspecified atom stereocenters. The third-order valence-electron chi connectivity index (χ3n) is 3.93. The Balaban J connectivity index is 1.62. The molecule has 2 aromatic carbocycles. The quantitative estimate of drug-likeness (QED) is 0.671. The highest BCUT2D eigenvalue weighted by Crippen LogP contribution is 2.23. The standard InChI is InChI=1S/C20H18ClNO4/c1-2-14-9-20(24)26-18-10-16(6-7-17(14)18)25-12-19(23)22-11-13-4-3-5-15(21)8-13/h3-10H,2,11-12H2,1H3,(H,22,23). The van der Waals surface area contributed by atoms with Crippen LogP contribution in [0, 0.1) is 0 Å². The zero-order chi connectivity index (χ0) is 18.5. The first kappa shape index (κ1) is 18.0. The van der Waals surface area contributed by atoms with E-state index in [4.69, 9.17) is 20.8 Å². The Bertz CT molecular complexity index is 997. The van der Waals surface area contributed by atoms with Crippen molar-refractivity contribution >= 4 is 28.5 Å². The fraction of sp³-hybridized carbons (Fsp3) is 0.200. The maximum atomic E-state index is 12.0. The lowest BCUT2D eigenvalue weighted by atomic mass is 10.1. The normalized spacial score (nSPS) is 10.7. The summed E-state index contributed by atoms with van der Waals surface area (Å²) in [5.74, 6) is 0.209. The van der Waals surface area contributed by atoms with E-state index in [9.17, 15) is 9.59 Å². The smallest absolute Gasteiger partial charge is 0.336 e. The summed E-state index contributed by atoms with van der Waals surface area (Å²) in [6.45, 7) is 2.21. The minimum Gasteiger partial charge on any atom is -0.484 e. The third-order valence-corrected chi connectivity index (χ3v) is 4.17. The molecule has 0 bridgehead atoms. The molecule has 0 aliphatic rings. The van der Waals surface area contributed by atoms with E-state index in [0.717, 1.165) is 22.9 Å². The molecule has 1 amide bonds. The first-order valence-corrected chi connectivity index (χ1v) is 8.63. The van der Waals surface area contributed by atoms with Gasteiger partial charge in [0.2, 0.25) is 0 Å². The van der Waals surface area contributed by atoms with E-state index in [1.54, 1.807) is 24.3 Å². The van der Waals surface area contributed by atoms with Gasteiger partial charge in [-0.15, -0.1) is 0 Å². The third kappa shape index (κ3) is 4.43. The van der Waals surface area contributed by atoms with Gasteiger partial charge in [-0.25, -0.2) is 4.79 Å². The van der Waals surface area contributed by atoms with Gasteiger partial charge in [-0.1, -0.05) is 30.7 Å². The molecule has 0 saturated heterocycles. The van der Waals surface area contributed by atoms with Gasteiger partial charge in [0.1, 0.15) is 11.3 Å². The van der Waals surface area contributed by atoms with Gasteiger partial charge in [0.05, 0.1) is 0 Å². The Morgan fingerprint density at radius 2 is 2.04 bits per heavy atom. The van der Waals surface area contributed by atoms with Crippen molar-refractivity contribution in [1.29, 1.82) is 0 Å². The number of rotatable bonds is 6. The van der Waals surface area contributed by atoms with E-state index < -0.39 is 5.63 Å². The number of hydrogen-bond acceptors (Lipinski definition) is 4. The number of nitrogens with one attached hydrogen (secondary N) is 1. The molecule has 0 fully saturated rings. The van der Waals surface area contributed by atoms with Crippen LogP contribution in [0.25, 0.3) is 11.0 Å². The molecule has 0 radical (unpaired) electrons. The molecule has 134 valence electrons. The molecule has 0 spiro atoms. The van der Waals surface area contributed by atoms with Gasteiger partial charge in [-0.3, -0.25) is 4.79 Å². The summed E-state index contributed by atoms with van der Waals surface area (Å²) in [6.07, 6.45) is 0.730. The van der Waals surface area contributed by atoms with E-state index in [1.165, 1.54) is 6.07 Å². The Hall–Kier alpha value is -2.79. The molecule has 5 nitrogen and oxygen atoms in total. The number of amides is 1. The number of hydrogen-bond donors (Lipinski definition) is 1. The fourth-order valence-electron chi connectivity index (χ4n) is 2.64. The van der Waals surface area contributed by atoms with Crippen molar-refractivity contribution in [3.05, 3.63) is 75.1 Å². The molecule has 0 atom stereocenters. The van der Waals surface area contributed by atoms with Crippen LogP contribution in [-0.2, 0) is 17.8 Å². The first-order chi connectivity index (χ1) is 12.5. The number of fused-ring (bicyclic) bond motifs is 1. The number of halogens is 1. The lowest BCUT2D eigenvalue weighted by Crippen LogP contribution is -2.28. The highest BCUT2D eigenvalue weighted by Gasteiger charge is 2.08. The average molecular weight is 372 g/mol. The number of benzene rings is 2. The highest BCUT2D eigenvalue weighted by atomic mass is 35.5. The zero-order valence-electron chi connectivity index (χ0n) is 14.3. The van der Waals surface area contributed by atoms with Crippen LogP contribution in [-0.4, -0.2) is 12.5 Å². The Kier molecular flexibility index (Phi) is 5.58. The second kappa shape index (κ2) is 8.06. The molecule has 0 aliphatic heterocycles. The van der Waals surface area contributed by atoms with Crippen molar-refractivity contribution < 1.29 is 13.9 Å². The van der Waals surface area contributed by atoms with Crippen molar-refractivity contribution in [2.45, 2.75) is 19.9 Å². The molecule has 3 rings (SSSR count). The van der Waals surface area contributed by atoms with E-state index in [2.05, 4.69) is 5.32 Å². The summed E-state index contributed by atoms with van der Waals surface area (Å²) < 4.78 is 10.7. The van der Waals surface area contributed by atoms with E-state index in [0.29, 0.717) is 22.9 Å². The van der Waals surface area contributed by atoms with Crippen molar-refractivity contribution in [1.82, 2.24) is 5.32 Å². The van der Waals surface area contributed by atoms with Crippen molar-refractivity contribution in [3.63, 3.8) is 0 Å². The minimum atomic E-state index is -0.397. The van der Waals surface area contributed by atoms with Crippen LogP contribution in [0.3, 0.4) is 0 Å². The van der Waals surface area contributed by atoms with Gasteiger partial charge in [0, 0.05) is 29.1 Å². The molecular weight excluding hydrogens is 354 g/mol. The van der Waals surface area contributed by atoms with E-state index >= 15 is 0 Å². The van der Waals surface area contributed by atoms with Gasteiger partial charge in [0.25, 0.3) is 5.91 Å². The number of ether oxygens (including phenoxy) is 1. The SMILES string of the molecule is CCc1cc(=O)oc2cc(OCC(=O)NCc3cccc(Cl)c3)ccc12. The maximum Gasteiger partial charge on any atom is 0.336 e. The minimum absolute atomic E-state index is 0.135. The molecule has 0 aliphatic carbocycles. The zero-order valence-corrected chi connectivity index (χ0v) is 15.0. The Morgan fingerprint density at radius 1 is 1.19 bits per heavy atom. The number of carbonyl (C=O) groups is 1. The van der Waals surface area contributed by atoms with Gasteiger partial charge in [-0.05, 0) is 41.8 Å². The summed E-state index contributed by atoms with van der Waals surface area (Å²) in [5.41, 5.74) is 1.88. The summed E-state index contributed by atoms with van der Waals surface area (Å²) in [4.78, 5) is 23.6. The van der Waals surface area contributed by atoms with Crippen LogP contribution in [0.5, 0.6) is 5.75 Å². The molecule has 26 heavy (non-hydrogen) atoms. The Morgan fingerprint density at radius 3 is 2.81 bits per heavy atom. The van der Waals surface area contributed by atoms with E-state index in [1.807, 2.05) is 25.1 Å². The van der Waals surface area contributed by atoms with Gasteiger partial charge >= 0.3 is 5.63 Å². The summed E-state index contributed by atoms with van der Waals surface area (Å²) >= 11 is 5.91. The van der Waals surface area contributed by atoms with Crippen LogP contribution in [0.2, 0.25) is 5.02 Å². The molecule has 3 aromatic rings. The second-order valence-corrected chi connectivity index (χ2v) is 6.23. The monoisotopic (exact) mass is 371 g/mol. The topological polar surface area (TPSA) is 68.5 Å². The predicted molar refractivity (Wildman–Crippen MR) is 101 cm³/mol. The predicted octanol–water partition coefficient (Wildman–Crippen LogP) is 3.70. The average Bonchev–Trinajstić information content (AvgIpc) is 2.63. The van der Waals surface area contributed by atoms with Crippen LogP contribution in [0.4, 0.5) is 0 Å². The van der Waals surface area contributed by atoms with Crippen LogP contribution < -0.4 is 15.7 Å². The molecular formula is C20H18ClNO4. The molecule has 1 heterocycles. The molecule has 0 saturated carbocycles. The van der Waals surface area contributed by atoms with E-state index in [-0.39, 0.29) is 12.5 Å². The lowest BCUT2D eigenvalue weighted by Gasteiger charge is -2.09. The maximum absolute atomic E-state index is 12.0. The van der Waals surface area contributed by atoms with Crippen LogP contribution in [0.15, 0.2) is 57.7 Å². The van der Waals surface area contributed by atoms with Gasteiger partial charge in [-0.2, -0.15) is 0 Å². The second-order valence-electron chi connectivity index (χ2n) is 5.80. The van der Waals surface area contributed by atoms with Crippen molar-refractivity contribution in [2.24, 2.45) is 0 Å². The van der Waals surface area contributed by atoms with Crippen LogP contribution in [0.1, 0.15) is 18.1 Å². The molecule has 1 N–H and O–H groups in total. The summed E-state index contributed by atoms with van der Waals surface area (Å²) in [6, 6.07) is 14.0. The molecule has 6 heteroatoms. The Labute approximate surface area is 155 Å². The summed E-state index contributed by atoms with van der Waals surface area (Å²) in [5, 5.41) is 4.25. The van der Waals surface area contributed by atoms with Crippen molar-refractivity contribution in [3.8, 4) is 5.75 Å². The summed E-state index contributed by atoms with van der Waals surface area (Å²) in [7, 11) is 0. The largest absolute Gasteiger partial charge is 0.484 e. The fourth-order valence-corrected chi connectivity index (χ4v) is 2.85. The molecule has 1 aromatic heterocycles. The number of aryl methyl sites for hydroxylation is 1. The van der Waals surface area contributed by atoms with Gasteiger partial charge < -0.3 is 14.5 Å². The first-order valence-electron chi connectivity index (χ1n) is 8.26. The lowest BCUT2D eigenvalue weighted by molar-refractivity contribution is -0.123. The highest BCUT2D eigenvalue weighted by molar-refractivity contribution is 6.30. The van der Waals surface area contributed by atoms with Gasteiger partial charge in [0.15, 0.2) is 6.61 Å². The number of carbonyl (C=O) groups excluding carboxylic acids is 1. The van der Waals surface area contributed by atoms with Crippen molar-refractivity contribution in [2.75, 3.05) is 6.61 Å². The van der Waals surface area contributed by atoms with Crippen LogP contribution >= 0.6 is 11.6 Å².